The lowest BCUT2D eigenvalue weighted by molar-refractivity contribution is -0.137. The second-order valence-electron chi connectivity index (χ2n) is 5.58. The van der Waals surface area contributed by atoms with E-state index in [0.29, 0.717) is 12.8 Å². The highest BCUT2D eigenvalue weighted by molar-refractivity contribution is 5.90. The van der Waals surface area contributed by atoms with Crippen molar-refractivity contribution in [3.05, 3.63) is 35.5 Å². The van der Waals surface area contributed by atoms with Crippen LogP contribution in [0.15, 0.2) is 24.4 Å². The van der Waals surface area contributed by atoms with Gasteiger partial charge in [0.05, 0.1) is 6.42 Å². The number of amides is 1. The molecule has 118 valence electrons. The predicted octanol–water partition coefficient (Wildman–Crippen LogP) is 2.64. The van der Waals surface area contributed by atoms with E-state index in [2.05, 4.69) is 23.3 Å². The van der Waals surface area contributed by atoms with Gasteiger partial charge in [-0.3, -0.25) is 9.59 Å². The maximum absolute atomic E-state index is 12.1. The summed E-state index contributed by atoms with van der Waals surface area (Å²) in [4.78, 5) is 25.9. The van der Waals surface area contributed by atoms with Gasteiger partial charge >= 0.3 is 5.97 Å². The first kappa shape index (κ1) is 16.1. The number of para-hydroxylation sites is 1. The number of carbonyl (C=O) groups excluding carboxylic acids is 1. The number of carbonyl (C=O) groups is 2. The number of aromatic amines is 1. The van der Waals surface area contributed by atoms with Crippen LogP contribution in [0.4, 0.5) is 0 Å². The largest absolute Gasteiger partial charge is 0.481 e. The van der Waals surface area contributed by atoms with Crippen LogP contribution in [-0.2, 0) is 22.4 Å². The highest BCUT2D eigenvalue weighted by Gasteiger charge is 2.13. The number of aliphatic carboxylic acids is 1. The Hall–Kier alpha value is -2.30. The van der Waals surface area contributed by atoms with Crippen molar-refractivity contribution in [3.8, 4) is 0 Å². The molecule has 3 N–H and O–H groups in total. The lowest BCUT2D eigenvalue weighted by Gasteiger charge is -2.12. The molecule has 0 saturated heterocycles. The number of carboxylic acids is 1. The summed E-state index contributed by atoms with van der Waals surface area (Å²) in [5.74, 6) is -0.925. The fourth-order valence-corrected chi connectivity index (χ4v) is 2.63. The van der Waals surface area contributed by atoms with Crippen molar-refractivity contribution in [3.63, 3.8) is 0 Å². The number of hydrogen-bond donors (Lipinski definition) is 3. The Kier molecular flexibility index (Phi) is 5.20. The second kappa shape index (κ2) is 7.11. The Morgan fingerprint density at radius 2 is 2.09 bits per heavy atom. The summed E-state index contributed by atoms with van der Waals surface area (Å²) < 4.78 is 0. The summed E-state index contributed by atoms with van der Waals surface area (Å²) in [5, 5.41) is 12.6. The second-order valence-corrected chi connectivity index (χ2v) is 5.58. The highest BCUT2D eigenvalue weighted by atomic mass is 16.4. The maximum Gasteiger partial charge on any atom is 0.303 e. The zero-order chi connectivity index (χ0) is 16.1. The quantitative estimate of drug-likeness (QED) is 0.735. The van der Waals surface area contributed by atoms with Gasteiger partial charge in [-0.15, -0.1) is 0 Å². The molecule has 1 aromatic heterocycles. The normalized spacial score (nSPS) is 12.3. The minimum absolute atomic E-state index is 0.0639. The third-order valence-electron chi connectivity index (χ3n) is 3.82. The Balaban J connectivity index is 2.01. The van der Waals surface area contributed by atoms with E-state index >= 15 is 0 Å². The molecule has 0 radical (unpaired) electrons. The first-order valence-electron chi connectivity index (χ1n) is 7.60. The molecule has 22 heavy (non-hydrogen) atoms. The van der Waals surface area contributed by atoms with Crippen LogP contribution in [-0.4, -0.2) is 28.0 Å². The summed E-state index contributed by atoms with van der Waals surface area (Å²) in [6.07, 6.45) is 3.62. The molecule has 5 nitrogen and oxygen atoms in total. The van der Waals surface area contributed by atoms with Gasteiger partial charge in [0.2, 0.25) is 5.91 Å². The maximum atomic E-state index is 12.1. The molecule has 0 fully saturated rings. The number of fused-ring (bicyclic) bond motifs is 1. The zero-order valence-electron chi connectivity index (χ0n) is 13.0. The van der Waals surface area contributed by atoms with Gasteiger partial charge < -0.3 is 15.4 Å². The van der Waals surface area contributed by atoms with Gasteiger partial charge in [0.15, 0.2) is 0 Å². The van der Waals surface area contributed by atoms with Gasteiger partial charge in [-0.25, -0.2) is 0 Å². The summed E-state index contributed by atoms with van der Waals surface area (Å²) >= 11 is 0. The van der Waals surface area contributed by atoms with E-state index in [1.807, 2.05) is 25.3 Å². The first-order valence-corrected chi connectivity index (χ1v) is 7.60. The van der Waals surface area contributed by atoms with Gasteiger partial charge in [0, 0.05) is 29.6 Å². The van der Waals surface area contributed by atoms with Gasteiger partial charge in [0.1, 0.15) is 0 Å². The summed E-state index contributed by atoms with van der Waals surface area (Å²) in [7, 11) is 0. The SMILES string of the molecule is CCc1cccc2c(CC(=O)NC(C)CCC(=O)O)c[nH]c12. The average Bonchev–Trinajstić information content (AvgIpc) is 2.88. The van der Waals surface area contributed by atoms with Crippen molar-refractivity contribution in [2.45, 2.75) is 45.6 Å². The number of aryl methyl sites for hydroxylation is 1. The van der Waals surface area contributed by atoms with E-state index in [0.717, 1.165) is 22.9 Å². The summed E-state index contributed by atoms with van der Waals surface area (Å²) in [6, 6.07) is 5.96. The fraction of sp³-hybridized carbons (Fsp3) is 0.412. The number of aromatic nitrogens is 1. The predicted molar refractivity (Wildman–Crippen MR) is 85.9 cm³/mol. The van der Waals surface area contributed by atoms with Gasteiger partial charge in [-0.1, -0.05) is 25.1 Å². The number of benzene rings is 1. The molecular weight excluding hydrogens is 280 g/mol. The molecular formula is C17H22N2O3. The van der Waals surface area contributed by atoms with Gasteiger partial charge in [0.25, 0.3) is 0 Å². The molecule has 0 aliphatic carbocycles. The molecule has 1 unspecified atom stereocenters. The number of nitrogens with one attached hydrogen (secondary N) is 2. The van der Waals surface area contributed by atoms with Crippen molar-refractivity contribution < 1.29 is 14.7 Å². The van der Waals surface area contributed by atoms with E-state index in [-0.39, 0.29) is 18.4 Å². The van der Waals surface area contributed by atoms with E-state index < -0.39 is 5.97 Å². The topological polar surface area (TPSA) is 82.2 Å². The molecule has 2 rings (SSSR count). The lowest BCUT2D eigenvalue weighted by Crippen LogP contribution is -2.34. The average molecular weight is 302 g/mol. The monoisotopic (exact) mass is 302 g/mol. The van der Waals surface area contributed by atoms with E-state index in [1.54, 1.807) is 0 Å². The van der Waals surface area contributed by atoms with Crippen molar-refractivity contribution in [2.75, 3.05) is 0 Å². The van der Waals surface area contributed by atoms with Crippen LogP contribution in [0.5, 0.6) is 0 Å². The van der Waals surface area contributed by atoms with Crippen molar-refractivity contribution >= 4 is 22.8 Å². The van der Waals surface area contributed by atoms with Gasteiger partial charge in [-0.2, -0.15) is 0 Å². The van der Waals surface area contributed by atoms with Crippen LogP contribution in [0.3, 0.4) is 0 Å². The third kappa shape index (κ3) is 3.87. The molecule has 0 saturated carbocycles. The molecule has 1 atom stereocenters. The minimum Gasteiger partial charge on any atom is -0.481 e. The molecule has 0 aliphatic heterocycles. The Morgan fingerprint density at radius 1 is 1.32 bits per heavy atom. The number of hydrogen-bond acceptors (Lipinski definition) is 2. The first-order chi connectivity index (χ1) is 10.5. The number of carboxylic acid groups (broad SMARTS) is 1. The van der Waals surface area contributed by atoms with Crippen LogP contribution in [0, 0.1) is 0 Å². The van der Waals surface area contributed by atoms with Crippen LogP contribution < -0.4 is 5.32 Å². The fourth-order valence-electron chi connectivity index (χ4n) is 2.63. The molecule has 0 aliphatic rings. The summed E-state index contributed by atoms with van der Waals surface area (Å²) in [6.45, 7) is 3.93. The standard InChI is InChI=1S/C17H22N2O3/c1-3-12-5-4-6-14-13(10-18-17(12)14)9-15(20)19-11(2)7-8-16(21)22/h4-6,10-11,18H,3,7-9H2,1-2H3,(H,19,20)(H,21,22). The molecule has 0 bridgehead atoms. The van der Waals surface area contributed by atoms with E-state index in [1.165, 1.54) is 5.56 Å². The van der Waals surface area contributed by atoms with E-state index in [9.17, 15) is 9.59 Å². The molecule has 1 amide bonds. The van der Waals surface area contributed by atoms with Crippen LogP contribution in [0.25, 0.3) is 10.9 Å². The minimum atomic E-state index is -0.843. The summed E-state index contributed by atoms with van der Waals surface area (Å²) in [5.41, 5.74) is 3.29. The Labute approximate surface area is 129 Å². The van der Waals surface area contributed by atoms with Crippen LogP contribution in [0.1, 0.15) is 37.8 Å². The molecule has 5 heteroatoms. The molecule has 2 aromatic rings. The molecule has 1 aromatic carbocycles. The highest BCUT2D eigenvalue weighted by Crippen LogP contribution is 2.22. The van der Waals surface area contributed by atoms with Gasteiger partial charge in [-0.05, 0) is 30.9 Å². The van der Waals surface area contributed by atoms with Crippen LogP contribution in [0.2, 0.25) is 0 Å². The van der Waals surface area contributed by atoms with Crippen LogP contribution >= 0.6 is 0 Å². The lowest BCUT2D eigenvalue weighted by atomic mass is 10.1. The van der Waals surface area contributed by atoms with Crippen molar-refractivity contribution in [1.29, 1.82) is 0 Å². The number of rotatable bonds is 7. The smallest absolute Gasteiger partial charge is 0.303 e. The molecule has 1 heterocycles. The third-order valence-corrected chi connectivity index (χ3v) is 3.82. The Morgan fingerprint density at radius 3 is 2.77 bits per heavy atom. The number of H-pyrrole nitrogens is 1. The van der Waals surface area contributed by atoms with Crippen molar-refractivity contribution in [2.24, 2.45) is 0 Å². The Bertz CT molecular complexity index is 676. The van der Waals surface area contributed by atoms with E-state index in [4.69, 9.17) is 5.11 Å². The zero-order valence-corrected chi connectivity index (χ0v) is 13.0. The van der Waals surface area contributed by atoms with Crippen molar-refractivity contribution in [1.82, 2.24) is 10.3 Å². The molecule has 0 spiro atoms.